The van der Waals surface area contributed by atoms with Gasteiger partial charge in [0.2, 0.25) is 0 Å². The van der Waals surface area contributed by atoms with E-state index in [1.165, 1.54) is 56.6 Å². The fraction of sp³-hybridized carbons (Fsp3) is 0.500. The zero-order chi connectivity index (χ0) is 18.8. The summed E-state index contributed by atoms with van der Waals surface area (Å²) in [6.07, 6.45) is 10.0. The molecule has 0 aliphatic carbocycles. The summed E-state index contributed by atoms with van der Waals surface area (Å²) in [6, 6.07) is 9.44. The summed E-state index contributed by atoms with van der Waals surface area (Å²) < 4.78 is 18.9. The largest absolute Gasteiger partial charge is 0.461 e. The van der Waals surface area contributed by atoms with Crippen molar-refractivity contribution in [3.8, 4) is 11.3 Å². The molecule has 0 atom stereocenters. The number of rotatable bonds is 11. The van der Waals surface area contributed by atoms with E-state index in [4.69, 9.17) is 4.74 Å². The van der Waals surface area contributed by atoms with E-state index in [-0.39, 0.29) is 12.3 Å². The van der Waals surface area contributed by atoms with E-state index in [2.05, 4.69) is 24.0 Å². The monoisotopic (exact) mass is 359 g/mol. The molecule has 0 saturated heterocycles. The number of hydrogen-bond donors (Lipinski definition) is 1. The Hall–Kier alpha value is -2.10. The van der Waals surface area contributed by atoms with Crippen molar-refractivity contribution in [3.05, 3.63) is 47.4 Å². The molecule has 0 fully saturated rings. The molecule has 0 saturated carbocycles. The normalized spacial score (nSPS) is 10.9. The third kappa shape index (κ3) is 6.01. The van der Waals surface area contributed by atoms with Crippen molar-refractivity contribution in [1.82, 2.24) is 4.98 Å². The zero-order valence-corrected chi connectivity index (χ0v) is 15.9. The van der Waals surface area contributed by atoms with Crippen molar-refractivity contribution in [2.24, 2.45) is 0 Å². The van der Waals surface area contributed by atoms with Crippen LogP contribution in [0.5, 0.6) is 0 Å². The fourth-order valence-corrected chi connectivity index (χ4v) is 3.12. The van der Waals surface area contributed by atoms with Crippen molar-refractivity contribution in [2.45, 2.75) is 65.2 Å². The van der Waals surface area contributed by atoms with Crippen molar-refractivity contribution in [1.29, 1.82) is 0 Å². The van der Waals surface area contributed by atoms with Crippen LogP contribution in [0.4, 0.5) is 4.39 Å². The van der Waals surface area contributed by atoms with Gasteiger partial charge in [-0.2, -0.15) is 0 Å². The van der Waals surface area contributed by atoms with Gasteiger partial charge < -0.3 is 9.72 Å². The number of hydrogen-bond acceptors (Lipinski definition) is 2. The molecule has 1 aromatic carbocycles. The number of esters is 1. The van der Waals surface area contributed by atoms with E-state index < -0.39 is 11.8 Å². The summed E-state index contributed by atoms with van der Waals surface area (Å²) in [7, 11) is 0. The summed E-state index contributed by atoms with van der Waals surface area (Å²) in [5.74, 6) is -1.23. The number of carbonyl (C=O) groups excluding carboxylic acids is 1. The number of nitrogens with one attached hydrogen (secondary N) is 1. The summed E-state index contributed by atoms with van der Waals surface area (Å²) in [6.45, 7) is 4.16. The molecule has 0 bridgehead atoms. The van der Waals surface area contributed by atoms with Crippen LogP contribution in [0.3, 0.4) is 0 Å². The van der Waals surface area contributed by atoms with Gasteiger partial charge in [0.15, 0.2) is 11.5 Å². The first-order valence-corrected chi connectivity index (χ1v) is 9.80. The molecular formula is C22H30FNO2. The van der Waals surface area contributed by atoms with Gasteiger partial charge in [-0.1, -0.05) is 63.6 Å². The minimum atomic E-state index is -0.657. The molecule has 1 aromatic heterocycles. The topological polar surface area (TPSA) is 42.1 Å². The van der Waals surface area contributed by atoms with Crippen LogP contribution in [0.15, 0.2) is 30.3 Å². The summed E-state index contributed by atoms with van der Waals surface area (Å²) >= 11 is 0. The molecule has 1 N–H and O–H groups in total. The summed E-state index contributed by atoms with van der Waals surface area (Å²) in [5, 5.41) is 0. The van der Waals surface area contributed by atoms with Gasteiger partial charge in [-0.05, 0) is 37.0 Å². The van der Waals surface area contributed by atoms with Crippen molar-refractivity contribution < 1.29 is 13.9 Å². The van der Waals surface area contributed by atoms with Crippen LogP contribution in [-0.2, 0) is 11.2 Å². The van der Waals surface area contributed by atoms with Crippen LogP contribution in [0, 0.1) is 5.82 Å². The number of H-pyrrole nitrogens is 1. The van der Waals surface area contributed by atoms with E-state index in [1.807, 2.05) is 12.1 Å². The van der Waals surface area contributed by atoms with Gasteiger partial charge >= 0.3 is 5.97 Å². The smallest absolute Gasteiger partial charge is 0.357 e. The Kier molecular flexibility index (Phi) is 8.39. The van der Waals surface area contributed by atoms with E-state index in [0.717, 1.165) is 12.0 Å². The molecule has 2 rings (SSSR count). The Balaban J connectivity index is 1.92. The van der Waals surface area contributed by atoms with Crippen molar-refractivity contribution >= 4 is 5.97 Å². The van der Waals surface area contributed by atoms with Gasteiger partial charge in [-0.15, -0.1) is 0 Å². The highest BCUT2D eigenvalue weighted by molar-refractivity contribution is 5.89. The van der Waals surface area contributed by atoms with E-state index in [9.17, 15) is 9.18 Å². The summed E-state index contributed by atoms with van der Waals surface area (Å²) in [5.41, 5.74) is 2.62. The number of benzene rings is 1. The van der Waals surface area contributed by atoms with Crippen LogP contribution >= 0.6 is 0 Å². The first-order valence-electron chi connectivity index (χ1n) is 9.80. The minimum Gasteiger partial charge on any atom is -0.461 e. The first kappa shape index (κ1) is 20.2. The molecule has 0 spiro atoms. The van der Waals surface area contributed by atoms with Crippen molar-refractivity contribution in [3.63, 3.8) is 0 Å². The van der Waals surface area contributed by atoms with Gasteiger partial charge in [0.1, 0.15) is 0 Å². The molecule has 1 heterocycles. The Morgan fingerprint density at radius 1 is 1.04 bits per heavy atom. The average Bonchev–Trinajstić information content (AvgIpc) is 3.03. The lowest BCUT2D eigenvalue weighted by Gasteiger charge is -2.05. The predicted molar refractivity (Wildman–Crippen MR) is 104 cm³/mol. The lowest BCUT2D eigenvalue weighted by Crippen LogP contribution is -2.06. The number of aromatic amines is 1. The predicted octanol–water partition coefficient (Wildman–Crippen LogP) is 6.29. The average molecular weight is 359 g/mol. The standard InChI is InChI=1S/C22H30FNO2/c1-3-5-6-7-8-9-10-12-17-13-11-14-18(15-17)20-16-19(23)21(24-20)22(25)26-4-2/h11,13-16,24H,3-10,12H2,1-2H3. The van der Waals surface area contributed by atoms with Crippen LogP contribution in [-0.4, -0.2) is 17.6 Å². The first-order chi connectivity index (χ1) is 12.7. The highest BCUT2D eigenvalue weighted by Gasteiger charge is 2.17. The molecule has 142 valence electrons. The molecule has 26 heavy (non-hydrogen) atoms. The third-order valence-corrected chi connectivity index (χ3v) is 4.56. The van der Waals surface area contributed by atoms with E-state index >= 15 is 0 Å². The number of aromatic nitrogens is 1. The second-order valence-corrected chi connectivity index (χ2v) is 6.70. The molecule has 0 radical (unpaired) electrons. The van der Waals surface area contributed by atoms with Crippen LogP contribution < -0.4 is 0 Å². The SMILES string of the molecule is CCCCCCCCCc1cccc(-c2cc(F)c(C(=O)OCC)[nH]2)c1. The molecule has 0 unspecified atom stereocenters. The van der Waals surface area contributed by atoms with Gasteiger partial charge in [0, 0.05) is 11.8 Å². The highest BCUT2D eigenvalue weighted by Crippen LogP contribution is 2.23. The summed E-state index contributed by atoms with van der Waals surface area (Å²) in [4.78, 5) is 14.6. The Labute approximate surface area is 156 Å². The number of aryl methyl sites for hydroxylation is 1. The molecule has 0 aliphatic heterocycles. The Bertz CT molecular complexity index is 693. The molecule has 2 aromatic rings. The molecule has 3 nitrogen and oxygen atoms in total. The number of halogens is 1. The molecular weight excluding hydrogens is 329 g/mol. The third-order valence-electron chi connectivity index (χ3n) is 4.56. The van der Waals surface area contributed by atoms with E-state index in [0.29, 0.717) is 5.69 Å². The maximum absolute atomic E-state index is 14.0. The fourth-order valence-electron chi connectivity index (χ4n) is 3.12. The zero-order valence-electron chi connectivity index (χ0n) is 15.9. The second kappa shape index (κ2) is 10.8. The highest BCUT2D eigenvalue weighted by atomic mass is 19.1. The Morgan fingerprint density at radius 3 is 2.50 bits per heavy atom. The quantitative estimate of drug-likeness (QED) is 0.378. The van der Waals surface area contributed by atoms with Gasteiger partial charge in [0.05, 0.1) is 6.61 Å². The lowest BCUT2D eigenvalue weighted by molar-refractivity contribution is 0.0515. The van der Waals surface area contributed by atoms with Crippen molar-refractivity contribution in [2.75, 3.05) is 6.61 Å². The van der Waals surface area contributed by atoms with Gasteiger partial charge in [-0.3, -0.25) is 0 Å². The van der Waals surface area contributed by atoms with E-state index in [1.54, 1.807) is 6.92 Å². The van der Waals surface area contributed by atoms with Gasteiger partial charge in [0.25, 0.3) is 0 Å². The number of unbranched alkanes of at least 4 members (excludes halogenated alkanes) is 6. The Morgan fingerprint density at radius 2 is 1.77 bits per heavy atom. The second-order valence-electron chi connectivity index (χ2n) is 6.70. The number of ether oxygens (including phenoxy) is 1. The minimum absolute atomic E-state index is 0.112. The van der Waals surface area contributed by atoms with Gasteiger partial charge in [-0.25, -0.2) is 9.18 Å². The van der Waals surface area contributed by atoms with Crippen LogP contribution in [0.1, 0.15) is 74.8 Å². The molecule has 0 amide bonds. The maximum atomic E-state index is 14.0. The number of carbonyl (C=O) groups is 1. The maximum Gasteiger partial charge on any atom is 0.357 e. The lowest BCUT2D eigenvalue weighted by atomic mass is 10.0. The van der Waals surface area contributed by atoms with Crippen LogP contribution in [0.25, 0.3) is 11.3 Å². The molecule has 0 aliphatic rings. The molecule has 4 heteroatoms. The van der Waals surface area contributed by atoms with Crippen LogP contribution in [0.2, 0.25) is 0 Å².